The number of nitrogens with zero attached hydrogens (tertiary/aromatic N) is 2. The second-order valence-corrected chi connectivity index (χ2v) is 21.1. The number of halogens is 3. The van der Waals surface area contributed by atoms with Gasteiger partial charge in [0.15, 0.2) is 0 Å². The highest BCUT2D eigenvalue weighted by Crippen LogP contribution is 2.46. The molecule has 1 saturated heterocycles. The van der Waals surface area contributed by atoms with E-state index in [0.717, 1.165) is 67.9 Å². The Hall–Kier alpha value is -5.49. The summed E-state index contributed by atoms with van der Waals surface area (Å²) in [7, 11) is -2.22. The zero-order valence-corrected chi connectivity index (χ0v) is 38.9. The van der Waals surface area contributed by atoms with Gasteiger partial charge in [0.05, 0.1) is 36.2 Å². The minimum absolute atomic E-state index is 0.00381. The van der Waals surface area contributed by atoms with Crippen molar-refractivity contribution in [3.05, 3.63) is 72.8 Å². The van der Waals surface area contributed by atoms with E-state index in [4.69, 9.17) is 24.4 Å². The number of pyridine rings is 1. The number of benzene rings is 2. The zero-order valence-electron chi connectivity index (χ0n) is 38.1. The fraction of sp³-hybridized carbons (Fsp3) is 0.531. The molecule has 5 aliphatic rings. The van der Waals surface area contributed by atoms with Crippen LogP contribution in [0, 0.1) is 17.3 Å². The summed E-state index contributed by atoms with van der Waals surface area (Å²) in [5, 5.41) is 13.9. The standard InChI is InChI=1S/C47H59N5O7S.C2HF3O2/c1-5-33-28-47(33,45(55)51-60(56,57)35-19-20-35)50-43(53)39-25-34-29-52(39)44(54)42(31-16-10-7-11-17-31)48-23-13-22-46(2,3)21-12-18-32-24-36-38(27-40(32)58-4)49-37(26-41(36)59-34)30-14-8-6-9-15-30;3-2(4,5)1(6)7/h5-6,8-9,12,14-15,18,24,26-27,31,33-35,39,42,48H,1,7,10-11,13,16-17,19-23,25,28-29H2,2-4H3,(H,50,53)(H,51,55);(H,6,7)/b18-12+;/t33-,34-,39+,42+,47-;/m1./s1. The molecule has 14 nitrogen and oxygen atoms in total. The molecule has 4 N–H and O–H groups in total. The lowest BCUT2D eigenvalue weighted by Gasteiger charge is -2.35. The van der Waals surface area contributed by atoms with Gasteiger partial charge in [-0.3, -0.25) is 19.1 Å². The van der Waals surface area contributed by atoms with Gasteiger partial charge in [-0.1, -0.05) is 81.7 Å². The van der Waals surface area contributed by atoms with Crippen molar-refractivity contribution in [2.24, 2.45) is 17.3 Å². The number of methoxy groups -OCH3 is 1. The van der Waals surface area contributed by atoms with Crippen LogP contribution >= 0.6 is 0 Å². The van der Waals surface area contributed by atoms with E-state index < -0.39 is 68.9 Å². The number of aromatic nitrogens is 1. The number of carboxylic acids is 1. The van der Waals surface area contributed by atoms with Crippen LogP contribution in [0.25, 0.3) is 28.2 Å². The number of carboxylic acid groups (broad SMARTS) is 1. The van der Waals surface area contributed by atoms with E-state index in [1.807, 2.05) is 48.5 Å². The van der Waals surface area contributed by atoms with Crippen LogP contribution in [0.4, 0.5) is 13.2 Å². The van der Waals surface area contributed by atoms with Crippen LogP contribution in [0.2, 0.25) is 0 Å². The van der Waals surface area contributed by atoms with Gasteiger partial charge in [-0.2, -0.15) is 13.2 Å². The van der Waals surface area contributed by atoms with Crippen LogP contribution < -0.4 is 24.8 Å². The molecule has 0 spiro atoms. The smallest absolute Gasteiger partial charge is 0.490 e. The van der Waals surface area contributed by atoms with Crippen LogP contribution in [-0.4, -0.2) is 102 Å². The highest BCUT2D eigenvalue weighted by atomic mass is 32.2. The average Bonchev–Trinajstić information content (AvgIpc) is 4.23. The third-order valence-corrected chi connectivity index (χ3v) is 15.4. The van der Waals surface area contributed by atoms with Gasteiger partial charge < -0.3 is 30.1 Å². The molecule has 4 bridgehead atoms. The normalized spacial score (nSPS) is 26.2. The van der Waals surface area contributed by atoms with Gasteiger partial charge in [-0.25, -0.2) is 18.2 Å². The van der Waals surface area contributed by atoms with Crippen molar-refractivity contribution in [1.82, 2.24) is 25.2 Å². The van der Waals surface area contributed by atoms with Crippen molar-refractivity contribution < 1.29 is 55.3 Å². The highest BCUT2D eigenvalue weighted by Gasteiger charge is 2.62. The topological polar surface area (TPSA) is 193 Å². The summed E-state index contributed by atoms with van der Waals surface area (Å²) in [6.45, 7) is 9.18. The number of rotatable bonds is 9. The third kappa shape index (κ3) is 11.6. The lowest BCUT2D eigenvalue weighted by atomic mass is 9.82. The quantitative estimate of drug-likeness (QED) is 0.157. The molecule has 3 saturated carbocycles. The Bertz CT molecular complexity index is 2490. The van der Waals surface area contributed by atoms with Crippen LogP contribution in [0.5, 0.6) is 11.5 Å². The molecule has 0 unspecified atom stereocenters. The molecule has 3 amide bonds. The van der Waals surface area contributed by atoms with Gasteiger partial charge in [-0.15, -0.1) is 6.58 Å². The van der Waals surface area contributed by atoms with Crippen LogP contribution in [0.1, 0.15) is 96.5 Å². The fourth-order valence-corrected chi connectivity index (χ4v) is 10.9. The summed E-state index contributed by atoms with van der Waals surface area (Å²) in [4.78, 5) is 59.1. The summed E-state index contributed by atoms with van der Waals surface area (Å²) in [5.41, 5.74) is 1.67. The number of sulfonamides is 1. The predicted octanol–water partition coefficient (Wildman–Crippen LogP) is 7.32. The Morgan fingerprint density at radius 2 is 1.75 bits per heavy atom. The number of amides is 3. The maximum absolute atomic E-state index is 15.1. The molecule has 2 aliphatic heterocycles. The first kappa shape index (κ1) is 49.4. The molecular weight excluding hydrogens is 892 g/mol. The number of fused-ring (bicyclic) bond motifs is 3. The van der Waals surface area contributed by atoms with Gasteiger partial charge in [0.1, 0.15) is 29.2 Å². The number of hydrogen-bond donors (Lipinski definition) is 4. The Kier molecular flexibility index (Phi) is 14.8. The lowest BCUT2D eigenvalue weighted by Crippen LogP contribution is -2.59. The molecule has 3 aliphatic carbocycles. The van der Waals surface area contributed by atoms with Crippen molar-refractivity contribution >= 4 is 50.7 Å². The predicted molar refractivity (Wildman–Crippen MR) is 246 cm³/mol. The number of carbonyl (C=O) groups is 4. The zero-order chi connectivity index (χ0) is 48.3. The first-order chi connectivity index (χ1) is 31.7. The molecule has 3 heterocycles. The van der Waals surface area contributed by atoms with Gasteiger partial charge >= 0.3 is 12.1 Å². The van der Waals surface area contributed by atoms with E-state index in [1.54, 1.807) is 18.1 Å². The molecule has 67 heavy (non-hydrogen) atoms. The minimum atomic E-state index is -5.08. The van der Waals surface area contributed by atoms with E-state index in [1.165, 1.54) is 0 Å². The van der Waals surface area contributed by atoms with Crippen LogP contribution in [-0.2, 0) is 29.2 Å². The molecule has 1 aromatic heterocycles. The van der Waals surface area contributed by atoms with E-state index in [2.05, 4.69) is 47.9 Å². The summed E-state index contributed by atoms with van der Waals surface area (Å²) < 4.78 is 72.6. The van der Waals surface area contributed by atoms with E-state index >= 15 is 4.79 Å². The third-order valence-electron chi connectivity index (χ3n) is 13.6. The van der Waals surface area contributed by atoms with Crippen molar-refractivity contribution in [3.8, 4) is 22.8 Å². The molecule has 362 valence electrons. The van der Waals surface area contributed by atoms with E-state index in [9.17, 15) is 31.2 Å². The average molecular weight is 952 g/mol. The monoisotopic (exact) mass is 951 g/mol. The highest BCUT2D eigenvalue weighted by molar-refractivity contribution is 7.91. The maximum Gasteiger partial charge on any atom is 0.490 e. The largest absolute Gasteiger partial charge is 0.496 e. The van der Waals surface area contributed by atoms with Crippen molar-refractivity contribution in [3.63, 3.8) is 0 Å². The summed E-state index contributed by atoms with van der Waals surface area (Å²) in [5.74, 6) is -3.30. The number of aliphatic carboxylic acids is 1. The van der Waals surface area contributed by atoms with Gasteiger partial charge in [-0.05, 0) is 75.3 Å². The number of hydrogen-bond acceptors (Lipinski definition) is 10. The van der Waals surface area contributed by atoms with Gasteiger partial charge in [0.2, 0.25) is 21.8 Å². The Morgan fingerprint density at radius 1 is 1.04 bits per heavy atom. The SMILES string of the molecule is C=C[C@@H]1C[C@]1(NC(=O)[C@@H]1C[C@@H]2CN1C(=O)[C@H](C1CCCCC1)NCCCC(C)(C)C/C=C/c1cc3c(cc(-c4ccccc4)nc3cc1OC)O2)C(=O)NS(=O)(=O)C1CC1.O=C(O)C(F)(F)F. The molecule has 3 aromatic rings. The minimum Gasteiger partial charge on any atom is -0.496 e. The van der Waals surface area contributed by atoms with Gasteiger partial charge in [0.25, 0.3) is 5.91 Å². The second-order valence-electron chi connectivity index (χ2n) is 19.2. The molecule has 2 aromatic carbocycles. The fourth-order valence-electron chi connectivity index (χ4n) is 9.51. The number of allylic oxidation sites excluding steroid dienone is 1. The Labute approximate surface area is 389 Å². The van der Waals surface area contributed by atoms with Crippen LogP contribution in [0.15, 0.2) is 67.3 Å². The number of alkyl halides is 3. The number of carbonyl (C=O) groups excluding carboxylic acids is 3. The Morgan fingerprint density at radius 3 is 2.37 bits per heavy atom. The molecule has 0 radical (unpaired) electrons. The first-order valence-corrected chi connectivity index (χ1v) is 24.6. The van der Waals surface area contributed by atoms with Crippen molar-refractivity contribution in [2.75, 3.05) is 20.2 Å². The first-order valence-electron chi connectivity index (χ1n) is 23.0. The number of ether oxygens (including phenoxy) is 2. The summed E-state index contributed by atoms with van der Waals surface area (Å²) >= 11 is 0. The van der Waals surface area contributed by atoms with Crippen molar-refractivity contribution in [2.45, 2.75) is 126 Å². The second kappa shape index (κ2) is 20.0. The molecule has 4 fully saturated rings. The van der Waals surface area contributed by atoms with E-state index in [-0.39, 0.29) is 36.6 Å². The van der Waals surface area contributed by atoms with Crippen molar-refractivity contribution in [1.29, 1.82) is 0 Å². The molecular formula is C49H60F3N5O9S. The molecule has 5 atom stereocenters. The van der Waals surface area contributed by atoms with Crippen LogP contribution in [0.3, 0.4) is 0 Å². The molecule has 8 rings (SSSR count). The molecule has 18 heteroatoms. The lowest BCUT2D eigenvalue weighted by molar-refractivity contribution is -0.192. The maximum atomic E-state index is 15.1. The summed E-state index contributed by atoms with van der Waals surface area (Å²) in [6.07, 6.45) is 9.26. The summed E-state index contributed by atoms with van der Waals surface area (Å²) in [6, 6.07) is 14.2. The number of nitrogens with one attached hydrogen (secondary N) is 3. The Balaban J connectivity index is 0.000000883. The van der Waals surface area contributed by atoms with E-state index in [0.29, 0.717) is 42.1 Å². The van der Waals surface area contributed by atoms with Gasteiger partial charge in [0, 0.05) is 41.0 Å².